The van der Waals surface area contributed by atoms with Crippen LogP contribution in [-0.4, -0.2) is 27.9 Å². The number of Topliss-reactive ketones (excluding diaryl/α,β-unsaturated/α-hetero) is 1. The molecule has 6 heteroatoms. The molecule has 0 aliphatic heterocycles. The molecule has 21 heavy (non-hydrogen) atoms. The zero-order valence-electron chi connectivity index (χ0n) is 10.9. The molecule has 0 amide bonds. The minimum atomic E-state index is -1.25. The Morgan fingerprint density at radius 2 is 1.38 bits per heavy atom. The van der Waals surface area contributed by atoms with Crippen LogP contribution in [0.3, 0.4) is 0 Å². The maximum Gasteiger partial charge on any atom is 0.341 e. The van der Waals surface area contributed by atoms with Gasteiger partial charge in [-0.2, -0.15) is 4.57 Å². The number of carbonyl (C=O) groups excluding carboxylic acids is 1. The van der Waals surface area contributed by atoms with E-state index in [1.165, 1.54) is 17.0 Å². The lowest BCUT2D eigenvalue weighted by molar-refractivity contribution is -0.683. The molecule has 0 saturated carbocycles. The topological polar surface area (TPSA) is 95.5 Å². The third kappa shape index (κ3) is 3.50. The third-order valence-corrected chi connectivity index (χ3v) is 2.84. The van der Waals surface area contributed by atoms with E-state index in [0.717, 1.165) is 6.07 Å². The van der Waals surface area contributed by atoms with Crippen molar-refractivity contribution < 1.29 is 29.2 Å². The van der Waals surface area contributed by atoms with Crippen LogP contribution in [0, 0.1) is 0 Å². The Morgan fingerprint density at radius 1 is 0.857 bits per heavy atom. The molecule has 0 saturated heterocycles. The minimum Gasteiger partial charge on any atom is -0.477 e. The fourth-order valence-corrected chi connectivity index (χ4v) is 1.84. The Morgan fingerprint density at radius 3 is 1.86 bits per heavy atom. The van der Waals surface area contributed by atoms with Gasteiger partial charge in [-0.05, 0) is 6.07 Å². The average molecular weight is 286 g/mol. The van der Waals surface area contributed by atoms with Gasteiger partial charge in [0.05, 0.1) is 0 Å². The van der Waals surface area contributed by atoms with E-state index in [-0.39, 0.29) is 23.5 Å². The zero-order valence-corrected chi connectivity index (χ0v) is 10.9. The molecule has 1 aromatic heterocycles. The molecule has 1 aromatic carbocycles. The number of aromatic nitrogens is 1. The second-order valence-electron chi connectivity index (χ2n) is 4.39. The first kappa shape index (κ1) is 14.4. The summed E-state index contributed by atoms with van der Waals surface area (Å²) in [4.78, 5) is 34.0. The van der Waals surface area contributed by atoms with Crippen LogP contribution in [0.25, 0.3) is 0 Å². The molecule has 106 valence electrons. The summed E-state index contributed by atoms with van der Waals surface area (Å²) in [5.74, 6) is -2.74. The van der Waals surface area contributed by atoms with Gasteiger partial charge in [-0.15, -0.1) is 0 Å². The number of carboxylic acids is 2. The second kappa shape index (κ2) is 5.96. The van der Waals surface area contributed by atoms with Crippen LogP contribution in [0.4, 0.5) is 0 Å². The highest BCUT2D eigenvalue weighted by Crippen LogP contribution is 2.04. The summed E-state index contributed by atoms with van der Waals surface area (Å²) in [7, 11) is 0. The van der Waals surface area contributed by atoms with Gasteiger partial charge in [-0.3, -0.25) is 4.79 Å². The Hall–Kier alpha value is -3.02. The van der Waals surface area contributed by atoms with Crippen LogP contribution in [0.1, 0.15) is 31.1 Å². The number of rotatable bonds is 5. The number of carbonyl (C=O) groups is 3. The summed E-state index contributed by atoms with van der Waals surface area (Å²) >= 11 is 0. The molecule has 0 bridgehead atoms. The molecular formula is C15H12NO5+. The molecule has 1 heterocycles. The number of hydrogen-bond acceptors (Lipinski definition) is 3. The van der Waals surface area contributed by atoms with Crippen molar-refractivity contribution in [1.29, 1.82) is 0 Å². The highest BCUT2D eigenvalue weighted by molar-refractivity contribution is 5.95. The molecule has 0 fully saturated rings. The summed E-state index contributed by atoms with van der Waals surface area (Å²) in [5.41, 5.74) is 0.106. The van der Waals surface area contributed by atoms with Crippen LogP contribution in [0.2, 0.25) is 0 Å². The van der Waals surface area contributed by atoms with Gasteiger partial charge in [-0.25, -0.2) is 9.59 Å². The van der Waals surface area contributed by atoms with Crippen molar-refractivity contribution in [3.63, 3.8) is 0 Å². The van der Waals surface area contributed by atoms with Gasteiger partial charge in [0, 0.05) is 5.56 Å². The summed E-state index contributed by atoms with van der Waals surface area (Å²) in [6, 6.07) is 9.54. The average Bonchev–Trinajstić information content (AvgIpc) is 2.47. The number of ketones is 1. The summed E-state index contributed by atoms with van der Waals surface area (Å²) in [6.07, 6.45) is 2.46. The van der Waals surface area contributed by atoms with Crippen molar-refractivity contribution >= 4 is 17.7 Å². The number of hydrogen-bond donors (Lipinski definition) is 2. The lowest BCUT2D eigenvalue weighted by Gasteiger charge is -2.01. The van der Waals surface area contributed by atoms with Crippen molar-refractivity contribution in [2.75, 3.05) is 0 Å². The van der Waals surface area contributed by atoms with Gasteiger partial charge in [0.15, 0.2) is 12.4 Å². The number of carboxylic acid groups (broad SMARTS) is 2. The smallest absolute Gasteiger partial charge is 0.341 e. The second-order valence-corrected chi connectivity index (χ2v) is 4.39. The molecular weight excluding hydrogens is 274 g/mol. The predicted octanol–water partition coefficient (Wildman–Crippen LogP) is 1.25. The molecule has 0 atom stereocenters. The standard InChI is InChI=1S/C15H11NO5/c17-13(10-4-2-1-3-5-10)9-16-7-11(14(18)19)6-12(8-16)15(20)21/h1-8H,9H2,(H-,18,19,20,21)/p+1. The van der Waals surface area contributed by atoms with Gasteiger partial charge >= 0.3 is 11.9 Å². The molecule has 2 aromatic rings. The quantitative estimate of drug-likeness (QED) is 0.637. The van der Waals surface area contributed by atoms with Crippen molar-refractivity contribution in [2.24, 2.45) is 0 Å². The molecule has 6 nitrogen and oxygen atoms in total. The van der Waals surface area contributed by atoms with Gasteiger partial charge in [-0.1, -0.05) is 30.3 Å². The van der Waals surface area contributed by atoms with Crippen molar-refractivity contribution in [3.8, 4) is 0 Å². The van der Waals surface area contributed by atoms with E-state index in [1.54, 1.807) is 30.3 Å². The maximum absolute atomic E-state index is 12.1. The number of nitrogens with zero attached hydrogens (tertiary/aromatic N) is 1. The maximum atomic E-state index is 12.1. The van der Waals surface area contributed by atoms with Crippen LogP contribution in [0.5, 0.6) is 0 Å². The highest BCUT2D eigenvalue weighted by atomic mass is 16.4. The molecule has 0 aliphatic carbocycles. The van der Waals surface area contributed by atoms with Gasteiger partial charge in [0.1, 0.15) is 11.1 Å². The van der Waals surface area contributed by atoms with Gasteiger partial charge in [0.25, 0.3) is 0 Å². The van der Waals surface area contributed by atoms with Gasteiger partial charge < -0.3 is 10.2 Å². The van der Waals surface area contributed by atoms with E-state index in [0.29, 0.717) is 5.56 Å². The van der Waals surface area contributed by atoms with E-state index in [4.69, 9.17) is 10.2 Å². The van der Waals surface area contributed by atoms with E-state index in [2.05, 4.69) is 0 Å². The van der Waals surface area contributed by atoms with Crippen molar-refractivity contribution in [1.82, 2.24) is 0 Å². The summed E-state index contributed by atoms with van der Waals surface area (Å²) < 4.78 is 1.27. The first-order valence-electron chi connectivity index (χ1n) is 6.06. The highest BCUT2D eigenvalue weighted by Gasteiger charge is 2.19. The molecule has 0 spiro atoms. The summed E-state index contributed by atoms with van der Waals surface area (Å²) in [6.45, 7) is -0.134. The third-order valence-electron chi connectivity index (χ3n) is 2.84. The van der Waals surface area contributed by atoms with Crippen LogP contribution >= 0.6 is 0 Å². The Kier molecular flexibility index (Phi) is 4.08. The van der Waals surface area contributed by atoms with Crippen molar-refractivity contribution in [2.45, 2.75) is 6.54 Å². The normalized spacial score (nSPS) is 10.1. The van der Waals surface area contributed by atoms with Crippen LogP contribution in [0.15, 0.2) is 48.8 Å². The van der Waals surface area contributed by atoms with E-state index >= 15 is 0 Å². The summed E-state index contributed by atoms with van der Waals surface area (Å²) in [5, 5.41) is 18.0. The Labute approximate surface area is 119 Å². The minimum absolute atomic E-state index is 0.134. The SMILES string of the molecule is O=C(O)c1cc(C(=O)O)c[n+](CC(=O)c2ccccc2)c1. The monoisotopic (exact) mass is 286 g/mol. The zero-order chi connectivity index (χ0) is 15.4. The van der Waals surface area contributed by atoms with E-state index in [1.807, 2.05) is 0 Å². The van der Waals surface area contributed by atoms with Crippen LogP contribution < -0.4 is 4.57 Å². The lowest BCUT2D eigenvalue weighted by atomic mass is 10.1. The lowest BCUT2D eigenvalue weighted by Crippen LogP contribution is -2.39. The number of aromatic carboxylic acids is 2. The van der Waals surface area contributed by atoms with Gasteiger partial charge in [0.2, 0.25) is 12.3 Å². The number of benzene rings is 1. The molecule has 2 N–H and O–H groups in total. The first-order valence-corrected chi connectivity index (χ1v) is 6.06. The Bertz CT molecular complexity index is 677. The fraction of sp³-hybridized carbons (Fsp3) is 0.0667. The van der Waals surface area contributed by atoms with E-state index in [9.17, 15) is 14.4 Å². The Balaban J connectivity index is 2.33. The largest absolute Gasteiger partial charge is 0.477 e. The van der Waals surface area contributed by atoms with E-state index < -0.39 is 11.9 Å². The first-order chi connectivity index (χ1) is 9.97. The predicted molar refractivity (Wildman–Crippen MR) is 71.3 cm³/mol. The van der Waals surface area contributed by atoms with Crippen molar-refractivity contribution in [3.05, 3.63) is 65.5 Å². The van der Waals surface area contributed by atoms with Crippen LogP contribution in [-0.2, 0) is 6.54 Å². The molecule has 0 unspecified atom stereocenters. The fourth-order valence-electron chi connectivity index (χ4n) is 1.84. The number of pyridine rings is 1. The molecule has 0 radical (unpaired) electrons. The molecule has 0 aliphatic rings. The molecule has 2 rings (SSSR count).